The molecule has 2 saturated heterocycles. The molecule has 1 aromatic carbocycles. The van der Waals surface area contributed by atoms with Gasteiger partial charge < -0.3 is 10.4 Å². The Labute approximate surface area is 131 Å². The van der Waals surface area contributed by atoms with Gasteiger partial charge in [-0.3, -0.25) is 18.7 Å². The molecule has 2 aliphatic heterocycles. The maximum atomic E-state index is 12.4. The Morgan fingerprint density at radius 3 is 2.64 bits per heavy atom. The average Bonchev–Trinajstić information content (AvgIpc) is 2.64. The van der Waals surface area contributed by atoms with Crippen LogP contribution in [0.2, 0.25) is 0 Å². The van der Waals surface area contributed by atoms with E-state index in [1.807, 2.05) is 30.3 Å². The first-order chi connectivity index (χ1) is 10.3. The van der Waals surface area contributed by atoms with E-state index in [0.29, 0.717) is 0 Å². The van der Waals surface area contributed by atoms with Crippen LogP contribution in [-0.4, -0.2) is 48.4 Å². The highest BCUT2D eigenvalue weighted by Crippen LogP contribution is 2.42. The number of carbonyl (C=O) groups is 2. The van der Waals surface area contributed by atoms with Crippen LogP contribution >= 0.6 is 0 Å². The van der Waals surface area contributed by atoms with E-state index >= 15 is 0 Å². The smallest absolute Gasteiger partial charge is 0.251 e. The second kappa shape index (κ2) is 5.17. The Morgan fingerprint density at radius 1 is 1.36 bits per heavy atom. The van der Waals surface area contributed by atoms with Crippen molar-refractivity contribution in [2.24, 2.45) is 0 Å². The Hall–Kier alpha value is -1.73. The number of aliphatic hydroxyl groups is 1. The summed E-state index contributed by atoms with van der Waals surface area (Å²) in [6.07, 6.45) is -0.913. The van der Waals surface area contributed by atoms with Crippen LogP contribution in [0.3, 0.4) is 0 Å². The molecule has 0 spiro atoms. The predicted octanol–water partition coefficient (Wildman–Crippen LogP) is -0.259. The van der Waals surface area contributed by atoms with E-state index in [9.17, 15) is 18.9 Å². The van der Waals surface area contributed by atoms with Crippen molar-refractivity contribution in [2.45, 2.75) is 42.7 Å². The lowest BCUT2D eigenvalue weighted by atomic mass is 10.0. The molecular weight excluding hydrogens is 304 g/mol. The number of β-lactam (4-membered cyclic amide) rings is 1. The highest BCUT2D eigenvalue weighted by Gasteiger charge is 2.65. The molecule has 0 saturated carbocycles. The molecule has 0 aromatic heterocycles. The summed E-state index contributed by atoms with van der Waals surface area (Å²) >= 11 is 0. The third kappa shape index (κ3) is 2.16. The van der Waals surface area contributed by atoms with Gasteiger partial charge in [0.2, 0.25) is 5.91 Å². The molecule has 2 heterocycles. The number of fused-ring (bicyclic) bond motifs is 1. The van der Waals surface area contributed by atoms with Crippen LogP contribution in [0.4, 0.5) is 0 Å². The fourth-order valence-corrected chi connectivity index (χ4v) is 4.66. The van der Waals surface area contributed by atoms with Crippen molar-refractivity contribution >= 4 is 22.6 Å². The summed E-state index contributed by atoms with van der Waals surface area (Å²) < 4.78 is 11.5. The minimum Gasteiger partial charge on any atom is -0.372 e. The van der Waals surface area contributed by atoms with Gasteiger partial charge in [-0.2, -0.15) is 0 Å². The van der Waals surface area contributed by atoms with E-state index in [4.69, 9.17) is 0 Å². The summed E-state index contributed by atoms with van der Waals surface area (Å²) in [5, 5.41) is 12.1. The quantitative estimate of drug-likeness (QED) is 0.751. The maximum absolute atomic E-state index is 12.4. The summed E-state index contributed by atoms with van der Waals surface area (Å²) in [6, 6.07) is 8.38. The maximum Gasteiger partial charge on any atom is 0.251 e. The second-order valence-electron chi connectivity index (χ2n) is 6.12. The number of benzene rings is 1. The first-order valence-corrected chi connectivity index (χ1v) is 8.29. The van der Waals surface area contributed by atoms with Crippen LogP contribution in [0.15, 0.2) is 30.3 Å². The molecule has 7 heteroatoms. The summed E-state index contributed by atoms with van der Waals surface area (Å²) in [4.78, 5) is 25.4. The molecule has 4 atom stereocenters. The molecule has 1 unspecified atom stereocenters. The van der Waals surface area contributed by atoms with Gasteiger partial charge in [0.05, 0.1) is 22.0 Å². The van der Waals surface area contributed by atoms with Gasteiger partial charge in [-0.1, -0.05) is 30.3 Å². The lowest BCUT2D eigenvalue weighted by Gasteiger charge is -2.42. The molecule has 2 amide bonds. The first-order valence-electron chi connectivity index (χ1n) is 7.08. The molecule has 0 bridgehead atoms. The molecule has 1 aromatic rings. The number of aliphatic hydroxyl groups excluding tert-OH is 1. The van der Waals surface area contributed by atoms with Crippen LogP contribution < -0.4 is 5.32 Å². The topological polar surface area (TPSA) is 86.7 Å². The fraction of sp³-hybridized carbons (Fsp3) is 0.467. The van der Waals surface area contributed by atoms with Crippen molar-refractivity contribution in [3.05, 3.63) is 35.9 Å². The van der Waals surface area contributed by atoms with Gasteiger partial charge in [0.25, 0.3) is 5.91 Å². The zero-order chi connectivity index (χ0) is 16.1. The number of amides is 2. The zero-order valence-electron chi connectivity index (χ0n) is 12.4. The Kier molecular flexibility index (Phi) is 3.57. The summed E-state index contributed by atoms with van der Waals surface area (Å²) in [5.74, 6) is -0.668. The molecule has 2 fully saturated rings. The minimum absolute atomic E-state index is 0.163. The lowest BCUT2D eigenvalue weighted by molar-refractivity contribution is -0.162. The van der Waals surface area contributed by atoms with Crippen LogP contribution in [0.25, 0.3) is 0 Å². The van der Waals surface area contributed by atoms with E-state index in [2.05, 4.69) is 5.32 Å². The Morgan fingerprint density at radius 2 is 2.00 bits per heavy atom. The number of nitrogens with zero attached hydrogens (tertiary/aromatic N) is 1. The number of nitrogens with one attached hydrogen (secondary N) is 1. The van der Waals surface area contributed by atoms with Crippen LogP contribution in [0, 0.1) is 0 Å². The van der Waals surface area contributed by atoms with Gasteiger partial charge in [0.1, 0.15) is 17.6 Å². The number of rotatable bonds is 3. The average molecular weight is 322 g/mol. The third-order valence-corrected chi connectivity index (χ3v) is 6.41. The minimum atomic E-state index is -1.42. The van der Waals surface area contributed by atoms with E-state index in [1.165, 1.54) is 4.90 Å². The van der Waals surface area contributed by atoms with Gasteiger partial charge in [0.15, 0.2) is 0 Å². The molecule has 0 aliphatic carbocycles. The SMILES string of the molecule is CC1(C)[C@@H](O)N2C(=O)[C@H](NC(=O)Cc3ccccc3)[C@@H]2S1=O. The molecule has 6 nitrogen and oxygen atoms in total. The lowest BCUT2D eigenvalue weighted by Crippen LogP contribution is -2.70. The van der Waals surface area contributed by atoms with Gasteiger partial charge in [-0.15, -0.1) is 0 Å². The summed E-state index contributed by atoms with van der Waals surface area (Å²) in [5.41, 5.74) is 0.844. The molecule has 118 valence electrons. The van der Waals surface area contributed by atoms with E-state index in [0.717, 1.165) is 5.56 Å². The molecule has 0 radical (unpaired) electrons. The number of hydrogen-bond acceptors (Lipinski definition) is 4. The highest BCUT2D eigenvalue weighted by atomic mass is 32.2. The summed E-state index contributed by atoms with van der Waals surface area (Å²) in [7, 11) is -1.42. The second-order valence-corrected chi connectivity index (χ2v) is 8.25. The van der Waals surface area contributed by atoms with Crippen LogP contribution in [-0.2, 0) is 26.8 Å². The predicted molar refractivity (Wildman–Crippen MR) is 80.9 cm³/mol. The monoisotopic (exact) mass is 322 g/mol. The zero-order valence-corrected chi connectivity index (χ0v) is 13.2. The number of hydrogen-bond donors (Lipinski definition) is 2. The Balaban J connectivity index is 1.69. The Bertz CT molecular complexity index is 646. The fourth-order valence-electron chi connectivity index (χ4n) is 2.86. The van der Waals surface area contributed by atoms with Crippen LogP contribution in [0.1, 0.15) is 19.4 Å². The normalized spacial score (nSPS) is 32.3. The highest BCUT2D eigenvalue weighted by molar-refractivity contribution is 7.87. The molecule has 3 rings (SSSR count). The summed E-state index contributed by atoms with van der Waals surface area (Å²) in [6.45, 7) is 3.31. The van der Waals surface area contributed by atoms with Crippen molar-refractivity contribution in [1.29, 1.82) is 0 Å². The van der Waals surface area contributed by atoms with Crippen molar-refractivity contribution in [1.82, 2.24) is 10.2 Å². The molecule has 22 heavy (non-hydrogen) atoms. The largest absolute Gasteiger partial charge is 0.372 e. The van der Waals surface area contributed by atoms with Gasteiger partial charge >= 0.3 is 0 Å². The van der Waals surface area contributed by atoms with Gasteiger partial charge in [-0.05, 0) is 19.4 Å². The van der Waals surface area contributed by atoms with E-state index in [1.54, 1.807) is 13.8 Å². The standard InChI is InChI=1S/C15H18N2O4S/c1-15(2)14(20)17-12(19)11(13(17)22(15)21)16-10(18)8-9-6-4-3-5-7-9/h3-7,11,13-14,20H,8H2,1-2H3,(H,16,18)/t11-,13-,14+,22?/m0/s1. The van der Waals surface area contributed by atoms with Crippen molar-refractivity contribution in [3.63, 3.8) is 0 Å². The first kappa shape index (κ1) is 15.2. The van der Waals surface area contributed by atoms with Gasteiger partial charge in [-0.25, -0.2) is 0 Å². The van der Waals surface area contributed by atoms with E-state index < -0.39 is 33.2 Å². The van der Waals surface area contributed by atoms with Crippen molar-refractivity contribution < 1.29 is 18.9 Å². The molecule has 2 aliphatic rings. The van der Waals surface area contributed by atoms with Crippen molar-refractivity contribution in [2.75, 3.05) is 0 Å². The number of carbonyl (C=O) groups excluding carboxylic acids is 2. The third-order valence-electron chi connectivity index (χ3n) is 4.23. The van der Waals surface area contributed by atoms with Crippen molar-refractivity contribution in [3.8, 4) is 0 Å². The molecule has 2 N–H and O–H groups in total. The van der Waals surface area contributed by atoms with Gasteiger partial charge in [0, 0.05) is 0 Å². The van der Waals surface area contributed by atoms with Crippen LogP contribution in [0.5, 0.6) is 0 Å². The molecular formula is C15H18N2O4S. The van der Waals surface area contributed by atoms with E-state index in [-0.39, 0.29) is 18.2 Å².